The molecule has 0 aliphatic heterocycles. The topological polar surface area (TPSA) is 79.2 Å². The van der Waals surface area contributed by atoms with Crippen molar-refractivity contribution in [3.63, 3.8) is 0 Å². The molecular formula is C12H12N4O2. The molecule has 0 radical (unpaired) electrons. The third-order valence-corrected chi connectivity index (χ3v) is 2.29. The van der Waals surface area contributed by atoms with Gasteiger partial charge >= 0.3 is 5.97 Å². The Kier molecular flexibility index (Phi) is 3.80. The molecule has 2 aromatic heterocycles. The molecule has 0 aliphatic rings. The van der Waals surface area contributed by atoms with Crippen molar-refractivity contribution in [3.05, 3.63) is 48.7 Å². The predicted octanol–water partition coefficient (Wildman–Crippen LogP) is 0.963. The van der Waals surface area contributed by atoms with Gasteiger partial charge in [0, 0.05) is 30.7 Å². The van der Waals surface area contributed by atoms with Crippen LogP contribution in [0.25, 0.3) is 0 Å². The van der Waals surface area contributed by atoms with Gasteiger partial charge in [0.05, 0.1) is 0 Å². The van der Waals surface area contributed by atoms with E-state index in [9.17, 15) is 4.79 Å². The number of aliphatic carboxylic acids is 1. The van der Waals surface area contributed by atoms with Crippen LogP contribution in [-0.4, -0.2) is 32.6 Å². The van der Waals surface area contributed by atoms with E-state index in [1.807, 2.05) is 6.07 Å². The Labute approximate surface area is 104 Å². The van der Waals surface area contributed by atoms with Gasteiger partial charge in [-0.1, -0.05) is 6.07 Å². The fraction of sp³-hybridized carbons (Fsp3) is 0.167. The summed E-state index contributed by atoms with van der Waals surface area (Å²) in [5.74, 6) is -0.291. The zero-order valence-electron chi connectivity index (χ0n) is 9.60. The summed E-state index contributed by atoms with van der Waals surface area (Å²) in [5, 5.41) is 8.92. The van der Waals surface area contributed by atoms with E-state index in [1.165, 1.54) is 6.33 Å². The van der Waals surface area contributed by atoms with Crippen LogP contribution in [0.5, 0.6) is 0 Å². The molecule has 92 valence electrons. The van der Waals surface area contributed by atoms with Crippen LogP contribution in [0, 0.1) is 0 Å². The average Bonchev–Trinajstić information content (AvgIpc) is 2.40. The fourth-order valence-corrected chi connectivity index (χ4v) is 1.55. The number of hydrogen-bond donors (Lipinski definition) is 1. The zero-order chi connectivity index (χ0) is 12.8. The van der Waals surface area contributed by atoms with Crippen LogP contribution in [0.3, 0.4) is 0 Å². The Hall–Kier alpha value is -2.50. The monoisotopic (exact) mass is 244 g/mol. The fourth-order valence-electron chi connectivity index (χ4n) is 1.55. The highest BCUT2D eigenvalue weighted by molar-refractivity contribution is 5.73. The van der Waals surface area contributed by atoms with Crippen molar-refractivity contribution in [2.75, 3.05) is 11.4 Å². The summed E-state index contributed by atoms with van der Waals surface area (Å²) in [5.41, 5.74) is 0.837. The van der Waals surface area contributed by atoms with Crippen molar-refractivity contribution in [1.29, 1.82) is 0 Å². The first-order valence-electron chi connectivity index (χ1n) is 5.37. The molecule has 6 nitrogen and oxygen atoms in total. The second kappa shape index (κ2) is 5.72. The maximum absolute atomic E-state index is 10.9. The highest BCUT2D eigenvalue weighted by atomic mass is 16.4. The van der Waals surface area contributed by atoms with Crippen LogP contribution in [0.1, 0.15) is 5.56 Å². The van der Waals surface area contributed by atoms with E-state index < -0.39 is 5.97 Å². The zero-order valence-corrected chi connectivity index (χ0v) is 9.60. The van der Waals surface area contributed by atoms with E-state index in [0.29, 0.717) is 12.4 Å². The van der Waals surface area contributed by atoms with Crippen LogP contribution in [-0.2, 0) is 11.3 Å². The number of carbonyl (C=O) groups is 1. The van der Waals surface area contributed by atoms with E-state index in [-0.39, 0.29) is 6.54 Å². The first-order valence-corrected chi connectivity index (χ1v) is 5.37. The summed E-state index contributed by atoms with van der Waals surface area (Å²) < 4.78 is 0. The van der Waals surface area contributed by atoms with E-state index in [1.54, 1.807) is 35.6 Å². The molecule has 0 amide bonds. The predicted molar refractivity (Wildman–Crippen MR) is 65.0 cm³/mol. The molecule has 1 N–H and O–H groups in total. The maximum Gasteiger partial charge on any atom is 0.323 e. The number of pyridine rings is 1. The van der Waals surface area contributed by atoms with Gasteiger partial charge in [0.2, 0.25) is 0 Å². The first-order chi connectivity index (χ1) is 8.75. The van der Waals surface area contributed by atoms with Gasteiger partial charge in [-0.05, 0) is 12.1 Å². The van der Waals surface area contributed by atoms with E-state index in [2.05, 4.69) is 15.0 Å². The minimum Gasteiger partial charge on any atom is -0.480 e. The lowest BCUT2D eigenvalue weighted by molar-refractivity contribution is -0.135. The molecule has 0 atom stereocenters. The number of anilines is 1. The van der Waals surface area contributed by atoms with E-state index in [4.69, 9.17) is 5.11 Å². The lowest BCUT2D eigenvalue weighted by Crippen LogP contribution is -2.29. The number of carboxylic acids is 1. The van der Waals surface area contributed by atoms with E-state index >= 15 is 0 Å². The second-order valence-corrected chi connectivity index (χ2v) is 3.68. The van der Waals surface area contributed by atoms with Gasteiger partial charge in [-0.3, -0.25) is 4.79 Å². The van der Waals surface area contributed by atoms with Gasteiger partial charge in [0.15, 0.2) is 0 Å². The summed E-state index contributed by atoms with van der Waals surface area (Å²) >= 11 is 0. The molecule has 0 spiro atoms. The molecule has 0 aromatic carbocycles. The smallest absolute Gasteiger partial charge is 0.323 e. The molecule has 6 heteroatoms. The minimum atomic E-state index is -0.905. The van der Waals surface area contributed by atoms with Crippen molar-refractivity contribution in [2.24, 2.45) is 0 Å². The number of nitrogens with zero attached hydrogens (tertiary/aromatic N) is 4. The van der Waals surface area contributed by atoms with Gasteiger partial charge in [0.25, 0.3) is 0 Å². The number of hydrogen-bond acceptors (Lipinski definition) is 5. The number of aromatic nitrogens is 3. The van der Waals surface area contributed by atoms with E-state index in [0.717, 1.165) is 5.56 Å². The van der Waals surface area contributed by atoms with Gasteiger partial charge in [-0.2, -0.15) is 0 Å². The lowest BCUT2D eigenvalue weighted by atomic mass is 10.3. The molecular weight excluding hydrogens is 232 g/mol. The molecule has 2 aromatic rings. The molecule has 18 heavy (non-hydrogen) atoms. The summed E-state index contributed by atoms with van der Waals surface area (Å²) in [4.78, 5) is 24.5. The Bertz CT molecular complexity index is 504. The SMILES string of the molecule is O=C(O)CN(Cc1cncnc1)c1ccccn1. The lowest BCUT2D eigenvalue weighted by Gasteiger charge is -2.21. The summed E-state index contributed by atoms with van der Waals surface area (Å²) in [7, 11) is 0. The molecule has 0 aliphatic carbocycles. The Morgan fingerprint density at radius 2 is 2.06 bits per heavy atom. The first kappa shape index (κ1) is 12.0. The summed E-state index contributed by atoms with van der Waals surface area (Å²) in [6.07, 6.45) is 6.38. The van der Waals surface area contributed by atoms with Crippen LogP contribution in [0.2, 0.25) is 0 Å². The maximum atomic E-state index is 10.9. The van der Waals surface area contributed by atoms with Crippen LogP contribution in [0.15, 0.2) is 43.1 Å². The normalized spacial score (nSPS) is 10.0. The molecule has 2 heterocycles. The van der Waals surface area contributed by atoms with Crippen LogP contribution < -0.4 is 4.90 Å². The van der Waals surface area contributed by atoms with Gasteiger partial charge in [-0.15, -0.1) is 0 Å². The Morgan fingerprint density at radius 1 is 1.28 bits per heavy atom. The molecule has 0 fully saturated rings. The second-order valence-electron chi connectivity index (χ2n) is 3.68. The van der Waals surface area contributed by atoms with Crippen molar-refractivity contribution < 1.29 is 9.90 Å². The summed E-state index contributed by atoms with van der Waals surface area (Å²) in [6.45, 7) is 0.288. The molecule has 2 rings (SSSR count). The van der Waals surface area contributed by atoms with Crippen LogP contribution in [0.4, 0.5) is 5.82 Å². The average molecular weight is 244 g/mol. The third-order valence-electron chi connectivity index (χ3n) is 2.29. The highest BCUT2D eigenvalue weighted by Gasteiger charge is 2.12. The standard InChI is InChI=1S/C12H12N4O2/c17-12(18)8-16(11-3-1-2-4-15-11)7-10-5-13-9-14-6-10/h1-6,9H,7-8H2,(H,17,18). The Morgan fingerprint density at radius 3 is 2.67 bits per heavy atom. The van der Waals surface area contributed by atoms with Crippen molar-refractivity contribution in [3.8, 4) is 0 Å². The quantitative estimate of drug-likeness (QED) is 0.844. The Balaban J connectivity index is 2.18. The molecule has 0 saturated heterocycles. The molecule has 0 bridgehead atoms. The third kappa shape index (κ3) is 3.24. The summed E-state index contributed by atoms with van der Waals surface area (Å²) in [6, 6.07) is 5.37. The van der Waals surface area contributed by atoms with Gasteiger partial charge in [-0.25, -0.2) is 15.0 Å². The van der Waals surface area contributed by atoms with Crippen molar-refractivity contribution in [2.45, 2.75) is 6.54 Å². The molecule has 0 saturated carbocycles. The number of rotatable bonds is 5. The van der Waals surface area contributed by atoms with Crippen LogP contribution >= 0.6 is 0 Å². The minimum absolute atomic E-state index is 0.119. The van der Waals surface area contributed by atoms with Crippen molar-refractivity contribution >= 4 is 11.8 Å². The largest absolute Gasteiger partial charge is 0.480 e. The van der Waals surface area contributed by atoms with Gasteiger partial charge < -0.3 is 10.0 Å². The van der Waals surface area contributed by atoms with Gasteiger partial charge in [0.1, 0.15) is 18.7 Å². The highest BCUT2D eigenvalue weighted by Crippen LogP contribution is 2.12. The molecule has 0 unspecified atom stereocenters. The number of carboxylic acid groups (broad SMARTS) is 1. The van der Waals surface area contributed by atoms with Crippen molar-refractivity contribution in [1.82, 2.24) is 15.0 Å².